The van der Waals surface area contributed by atoms with Gasteiger partial charge in [0.1, 0.15) is 0 Å². The summed E-state index contributed by atoms with van der Waals surface area (Å²) in [5, 5.41) is 0. The zero-order valence-corrected chi connectivity index (χ0v) is 8.29. The molecule has 74 valence electrons. The van der Waals surface area contributed by atoms with Gasteiger partial charge in [-0.3, -0.25) is 9.79 Å². The molecule has 4 nitrogen and oxygen atoms in total. The number of nitrogens with zero attached hydrogens (tertiary/aromatic N) is 2. The van der Waals surface area contributed by atoms with Crippen LogP contribution < -0.4 is 5.73 Å². The van der Waals surface area contributed by atoms with Crippen molar-refractivity contribution in [3.63, 3.8) is 0 Å². The van der Waals surface area contributed by atoms with Crippen LogP contribution in [-0.4, -0.2) is 35.8 Å². The molecule has 1 atom stereocenters. The Hall–Kier alpha value is -1.06. The molecule has 0 aromatic rings. The highest BCUT2D eigenvalue weighted by Crippen LogP contribution is 2.13. The number of amidine groups is 1. The standard InChI is InChI=1S/C9H17N3O/c1-3-9(13)12-5-4-8(6-12)11-7(2)10/h8H,3-6H2,1-2H3,(H2,10,11). The molecule has 4 heteroatoms. The van der Waals surface area contributed by atoms with Crippen LogP contribution in [0, 0.1) is 0 Å². The van der Waals surface area contributed by atoms with E-state index in [1.807, 2.05) is 11.8 Å². The topological polar surface area (TPSA) is 58.7 Å². The molecule has 1 aliphatic heterocycles. The lowest BCUT2D eigenvalue weighted by Crippen LogP contribution is -2.28. The Labute approximate surface area is 78.8 Å². The van der Waals surface area contributed by atoms with Gasteiger partial charge < -0.3 is 10.6 Å². The molecule has 1 fully saturated rings. The average Bonchev–Trinajstić information content (AvgIpc) is 2.50. The molecular formula is C9H17N3O. The second kappa shape index (κ2) is 4.25. The molecule has 1 rings (SSSR count). The summed E-state index contributed by atoms with van der Waals surface area (Å²) in [5.74, 6) is 0.822. The fourth-order valence-electron chi connectivity index (χ4n) is 1.59. The minimum Gasteiger partial charge on any atom is -0.388 e. The molecule has 2 N–H and O–H groups in total. The van der Waals surface area contributed by atoms with E-state index in [1.165, 1.54) is 0 Å². The van der Waals surface area contributed by atoms with Crippen molar-refractivity contribution in [2.45, 2.75) is 32.7 Å². The van der Waals surface area contributed by atoms with Gasteiger partial charge >= 0.3 is 0 Å². The molecule has 1 unspecified atom stereocenters. The van der Waals surface area contributed by atoms with Gasteiger partial charge in [-0.15, -0.1) is 0 Å². The first kappa shape index (κ1) is 10.0. The highest BCUT2D eigenvalue weighted by atomic mass is 16.2. The molecule has 1 amide bonds. The van der Waals surface area contributed by atoms with Crippen LogP contribution in [0.15, 0.2) is 4.99 Å². The minimum atomic E-state index is 0.215. The van der Waals surface area contributed by atoms with Crippen LogP contribution in [0.2, 0.25) is 0 Å². The predicted octanol–water partition coefficient (Wildman–Crippen LogP) is 0.374. The molecule has 1 aliphatic rings. The van der Waals surface area contributed by atoms with Crippen molar-refractivity contribution in [2.75, 3.05) is 13.1 Å². The van der Waals surface area contributed by atoms with Crippen molar-refractivity contribution >= 4 is 11.7 Å². The quantitative estimate of drug-likeness (QED) is 0.497. The number of rotatable bonds is 2. The first-order valence-electron chi connectivity index (χ1n) is 4.71. The number of likely N-dealkylation sites (tertiary alicyclic amines) is 1. The van der Waals surface area contributed by atoms with Gasteiger partial charge in [0.25, 0.3) is 0 Å². The third kappa shape index (κ3) is 2.72. The zero-order chi connectivity index (χ0) is 9.84. The lowest BCUT2D eigenvalue weighted by Gasteiger charge is -2.13. The molecular weight excluding hydrogens is 166 g/mol. The normalized spacial score (nSPS) is 23.7. The SMILES string of the molecule is CCC(=O)N1CCC(N=C(C)N)C1. The lowest BCUT2D eigenvalue weighted by molar-refractivity contribution is -0.129. The van der Waals surface area contributed by atoms with E-state index < -0.39 is 0 Å². The van der Waals surface area contributed by atoms with Crippen LogP contribution in [0.1, 0.15) is 26.7 Å². The van der Waals surface area contributed by atoms with Crippen LogP contribution in [-0.2, 0) is 4.79 Å². The molecule has 0 aliphatic carbocycles. The van der Waals surface area contributed by atoms with E-state index in [4.69, 9.17) is 5.73 Å². The molecule has 1 heterocycles. The fourth-order valence-corrected chi connectivity index (χ4v) is 1.59. The first-order valence-corrected chi connectivity index (χ1v) is 4.71. The summed E-state index contributed by atoms with van der Waals surface area (Å²) >= 11 is 0. The summed E-state index contributed by atoms with van der Waals surface area (Å²) in [6, 6.07) is 0.223. The summed E-state index contributed by atoms with van der Waals surface area (Å²) in [5.41, 5.74) is 5.47. The number of aliphatic imine (C=N–C) groups is 1. The summed E-state index contributed by atoms with van der Waals surface area (Å²) < 4.78 is 0. The van der Waals surface area contributed by atoms with Crippen LogP contribution in [0.5, 0.6) is 0 Å². The zero-order valence-electron chi connectivity index (χ0n) is 8.29. The van der Waals surface area contributed by atoms with Crippen LogP contribution in [0.3, 0.4) is 0 Å². The van der Waals surface area contributed by atoms with Crippen molar-refractivity contribution in [3.8, 4) is 0 Å². The molecule has 0 spiro atoms. The molecule has 0 bridgehead atoms. The molecule has 0 saturated carbocycles. The van der Waals surface area contributed by atoms with E-state index in [2.05, 4.69) is 4.99 Å². The van der Waals surface area contributed by atoms with E-state index in [-0.39, 0.29) is 11.9 Å². The number of hydrogen-bond acceptors (Lipinski definition) is 2. The van der Waals surface area contributed by atoms with Crippen molar-refractivity contribution in [1.29, 1.82) is 0 Å². The molecule has 0 aromatic heterocycles. The number of carbonyl (C=O) groups excluding carboxylic acids is 1. The van der Waals surface area contributed by atoms with E-state index in [1.54, 1.807) is 6.92 Å². The lowest BCUT2D eigenvalue weighted by atomic mass is 10.3. The summed E-state index contributed by atoms with van der Waals surface area (Å²) in [6.45, 7) is 5.23. The Morgan fingerprint density at radius 2 is 2.38 bits per heavy atom. The van der Waals surface area contributed by atoms with Gasteiger partial charge in [-0.05, 0) is 13.3 Å². The summed E-state index contributed by atoms with van der Waals surface area (Å²) in [7, 11) is 0. The average molecular weight is 183 g/mol. The Bertz CT molecular complexity index is 221. The summed E-state index contributed by atoms with van der Waals surface area (Å²) in [4.78, 5) is 17.4. The smallest absolute Gasteiger partial charge is 0.222 e. The second-order valence-corrected chi connectivity index (χ2v) is 3.41. The molecule has 1 saturated heterocycles. The van der Waals surface area contributed by atoms with Crippen molar-refractivity contribution in [3.05, 3.63) is 0 Å². The third-order valence-corrected chi connectivity index (χ3v) is 2.20. The van der Waals surface area contributed by atoms with Crippen molar-refractivity contribution < 1.29 is 4.79 Å². The Morgan fingerprint density at radius 1 is 1.69 bits per heavy atom. The summed E-state index contributed by atoms with van der Waals surface area (Å²) in [6.07, 6.45) is 1.53. The van der Waals surface area contributed by atoms with Gasteiger partial charge in [-0.1, -0.05) is 6.92 Å². The fraction of sp³-hybridized carbons (Fsp3) is 0.778. The van der Waals surface area contributed by atoms with Gasteiger partial charge in [0.15, 0.2) is 0 Å². The van der Waals surface area contributed by atoms with Gasteiger partial charge in [0, 0.05) is 19.5 Å². The van der Waals surface area contributed by atoms with E-state index in [0.29, 0.717) is 12.3 Å². The number of carbonyl (C=O) groups is 1. The van der Waals surface area contributed by atoms with Crippen LogP contribution >= 0.6 is 0 Å². The maximum atomic E-state index is 11.3. The predicted molar refractivity (Wildman–Crippen MR) is 52.6 cm³/mol. The van der Waals surface area contributed by atoms with Gasteiger partial charge in [0.2, 0.25) is 5.91 Å². The van der Waals surface area contributed by atoms with Crippen LogP contribution in [0.4, 0.5) is 0 Å². The first-order chi connectivity index (χ1) is 6.13. The molecule has 0 radical (unpaired) electrons. The monoisotopic (exact) mass is 183 g/mol. The largest absolute Gasteiger partial charge is 0.388 e. The second-order valence-electron chi connectivity index (χ2n) is 3.41. The highest BCUT2D eigenvalue weighted by molar-refractivity contribution is 5.78. The molecule has 13 heavy (non-hydrogen) atoms. The Morgan fingerprint density at radius 3 is 2.92 bits per heavy atom. The molecule has 0 aromatic carbocycles. The Kier molecular flexibility index (Phi) is 3.28. The van der Waals surface area contributed by atoms with E-state index in [0.717, 1.165) is 19.5 Å². The number of amides is 1. The van der Waals surface area contributed by atoms with Crippen molar-refractivity contribution in [2.24, 2.45) is 10.7 Å². The van der Waals surface area contributed by atoms with Gasteiger partial charge in [0.05, 0.1) is 11.9 Å². The number of nitrogens with two attached hydrogens (primary N) is 1. The van der Waals surface area contributed by atoms with E-state index >= 15 is 0 Å². The van der Waals surface area contributed by atoms with Gasteiger partial charge in [-0.2, -0.15) is 0 Å². The number of hydrogen-bond donors (Lipinski definition) is 1. The Balaban J connectivity index is 2.45. The highest BCUT2D eigenvalue weighted by Gasteiger charge is 2.24. The van der Waals surface area contributed by atoms with Gasteiger partial charge in [-0.25, -0.2) is 0 Å². The van der Waals surface area contributed by atoms with E-state index in [9.17, 15) is 4.79 Å². The van der Waals surface area contributed by atoms with Crippen molar-refractivity contribution in [1.82, 2.24) is 4.90 Å². The maximum absolute atomic E-state index is 11.3. The van der Waals surface area contributed by atoms with Crippen LogP contribution in [0.25, 0.3) is 0 Å². The maximum Gasteiger partial charge on any atom is 0.222 e. The minimum absolute atomic E-state index is 0.215. The third-order valence-electron chi connectivity index (χ3n) is 2.20.